The van der Waals surface area contributed by atoms with Crippen LogP contribution in [0, 0.1) is 10.1 Å². The van der Waals surface area contributed by atoms with Gasteiger partial charge in [0.2, 0.25) is 5.91 Å². The fourth-order valence-electron chi connectivity index (χ4n) is 3.29. The smallest absolute Gasteiger partial charge is 0.363 e. The van der Waals surface area contributed by atoms with E-state index in [1.54, 1.807) is 23.1 Å². The molecule has 160 valence electrons. The Bertz CT molecular complexity index is 947. The van der Waals surface area contributed by atoms with E-state index in [1.165, 1.54) is 12.1 Å². The Hall–Kier alpha value is -2.85. The third-order valence-electron chi connectivity index (χ3n) is 4.72. The zero-order chi connectivity index (χ0) is 21.9. The number of hydrogen-bond donors (Lipinski definition) is 1. The third kappa shape index (κ3) is 5.19. The van der Waals surface area contributed by atoms with E-state index < -0.39 is 22.6 Å². The maximum absolute atomic E-state index is 13.2. The molecule has 1 aliphatic rings. The zero-order valence-corrected chi connectivity index (χ0v) is 16.4. The van der Waals surface area contributed by atoms with E-state index in [4.69, 9.17) is 11.6 Å². The minimum atomic E-state index is -4.65. The molecule has 0 aromatic heterocycles. The molecule has 0 radical (unpaired) electrons. The van der Waals surface area contributed by atoms with Crippen molar-refractivity contribution in [2.45, 2.75) is 6.18 Å². The van der Waals surface area contributed by atoms with Crippen LogP contribution in [0.25, 0.3) is 0 Å². The van der Waals surface area contributed by atoms with Crippen molar-refractivity contribution in [3.8, 4) is 0 Å². The van der Waals surface area contributed by atoms with Crippen LogP contribution in [-0.4, -0.2) is 48.5 Å². The van der Waals surface area contributed by atoms with Crippen LogP contribution >= 0.6 is 11.6 Å². The molecule has 1 N–H and O–H groups in total. The van der Waals surface area contributed by atoms with E-state index >= 15 is 0 Å². The van der Waals surface area contributed by atoms with Crippen molar-refractivity contribution in [2.75, 3.05) is 42.9 Å². The number of nitro benzene ring substituents is 1. The summed E-state index contributed by atoms with van der Waals surface area (Å²) < 4.78 is 39.5. The maximum atomic E-state index is 13.2. The number of benzene rings is 2. The Balaban J connectivity index is 1.60. The average molecular weight is 443 g/mol. The van der Waals surface area contributed by atoms with Crippen molar-refractivity contribution in [1.29, 1.82) is 0 Å². The molecule has 1 aliphatic heterocycles. The summed E-state index contributed by atoms with van der Waals surface area (Å²) in [6, 6.07) is 9.57. The number of carbonyl (C=O) groups excluding carboxylic acids is 1. The second kappa shape index (κ2) is 8.88. The number of amides is 1. The molecule has 7 nitrogen and oxygen atoms in total. The lowest BCUT2D eigenvalue weighted by Crippen LogP contribution is -2.48. The summed E-state index contributed by atoms with van der Waals surface area (Å²) in [5.74, 6) is -0.582. The molecule has 0 unspecified atom stereocenters. The maximum Gasteiger partial charge on any atom is 0.418 e. The van der Waals surface area contributed by atoms with Crippen LogP contribution < -0.4 is 10.2 Å². The van der Waals surface area contributed by atoms with Crippen molar-refractivity contribution in [3.63, 3.8) is 0 Å². The Labute approximate surface area is 175 Å². The van der Waals surface area contributed by atoms with Crippen LogP contribution in [-0.2, 0) is 11.0 Å². The molecule has 2 aromatic carbocycles. The Morgan fingerprint density at radius 1 is 1.13 bits per heavy atom. The highest BCUT2D eigenvalue weighted by Crippen LogP contribution is 2.36. The van der Waals surface area contributed by atoms with Gasteiger partial charge in [0.15, 0.2) is 0 Å². The highest BCUT2D eigenvalue weighted by atomic mass is 35.5. The summed E-state index contributed by atoms with van der Waals surface area (Å²) in [4.78, 5) is 26.7. The summed E-state index contributed by atoms with van der Waals surface area (Å²) in [6.45, 7) is 1.68. The van der Waals surface area contributed by atoms with Crippen molar-refractivity contribution >= 4 is 34.6 Å². The van der Waals surface area contributed by atoms with Crippen molar-refractivity contribution in [3.05, 3.63) is 63.2 Å². The van der Waals surface area contributed by atoms with Gasteiger partial charge in [0.05, 0.1) is 22.7 Å². The average Bonchev–Trinajstić information content (AvgIpc) is 2.69. The number of halogens is 4. The number of nitrogens with zero attached hydrogens (tertiary/aromatic N) is 3. The second-order valence-electron chi connectivity index (χ2n) is 6.74. The Morgan fingerprint density at radius 2 is 1.80 bits per heavy atom. The van der Waals surface area contributed by atoms with Crippen LogP contribution in [0.15, 0.2) is 42.5 Å². The lowest BCUT2D eigenvalue weighted by atomic mass is 10.1. The molecule has 1 heterocycles. The molecule has 1 saturated heterocycles. The molecule has 1 amide bonds. The fourth-order valence-corrected chi connectivity index (χ4v) is 3.46. The van der Waals surface area contributed by atoms with E-state index in [0.717, 1.165) is 12.1 Å². The molecular formula is C19H18ClF3N4O3. The molecule has 0 atom stereocenters. The topological polar surface area (TPSA) is 78.7 Å². The molecule has 0 aliphatic carbocycles. The van der Waals surface area contributed by atoms with Crippen LogP contribution in [0.4, 0.5) is 30.2 Å². The van der Waals surface area contributed by atoms with Crippen molar-refractivity contribution in [2.24, 2.45) is 0 Å². The highest BCUT2D eigenvalue weighted by molar-refractivity contribution is 6.30. The van der Waals surface area contributed by atoms with Gasteiger partial charge >= 0.3 is 6.18 Å². The van der Waals surface area contributed by atoms with E-state index in [2.05, 4.69) is 5.32 Å². The molecule has 3 rings (SSSR count). The predicted octanol–water partition coefficient (Wildman–Crippen LogP) is 4.03. The van der Waals surface area contributed by atoms with Gasteiger partial charge in [0, 0.05) is 37.3 Å². The monoisotopic (exact) mass is 442 g/mol. The van der Waals surface area contributed by atoms with Gasteiger partial charge in [-0.1, -0.05) is 23.7 Å². The van der Waals surface area contributed by atoms with E-state index in [0.29, 0.717) is 31.9 Å². The normalized spacial score (nSPS) is 15.1. The number of para-hydroxylation sites is 2. The molecule has 0 saturated carbocycles. The van der Waals surface area contributed by atoms with Gasteiger partial charge < -0.3 is 10.2 Å². The first-order valence-electron chi connectivity index (χ1n) is 9.02. The van der Waals surface area contributed by atoms with E-state index in [-0.39, 0.29) is 22.9 Å². The summed E-state index contributed by atoms with van der Waals surface area (Å²) in [6.07, 6.45) is -4.65. The largest absolute Gasteiger partial charge is 0.418 e. The second-order valence-corrected chi connectivity index (χ2v) is 7.18. The molecule has 2 aromatic rings. The molecular weight excluding hydrogens is 425 g/mol. The molecule has 0 spiro atoms. The third-order valence-corrected chi connectivity index (χ3v) is 4.95. The van der Waals surface area contributed by atoms with Crippen LogP contribution in [0.3, 0.4) is 0 Å². The van der Waals surface area contributed by atoms with Gasteiger partial charge in [-0.05, 0) is 24.3 Å². The summed E-state index contributed by atoms with van der Waals surface area (Å²) in [7, 11) is 0. The van der Waals surface area contributed by atoms with Gasteiger partial charge in [-0.2, -0.15) is 13.2 Å². The van der Waals surface area contributed by atoms with E-state index in [1.807, 2.05) is 4.90 Å². The van der Waals surface area contributed by atoms with Gasteiger partial charge in [0.25, 0.3) is 5.69 Å². The van der Waals surface area contributed by atoms with Crippen LogP contribution in [0.2, 0.25) is 5.02 Å². The molecule has 11 heteroatoms. The minimum Gasteiger partial charge on any atom is -0.363 e. The first kappa shape index (κ1) is 21.8. The SMILES string of the molecule is O=C(CN1CCN(c2ccccc2[N+](=O)[O-])CC1)Nc1ccc(Cl)cc1C(F)(F)F. The van der Waals surface area contributed by atoms with E-state index in [9.17, 15) is 28.1 Å². The number of hydrogen-bond acceptors (Lipinski definition) is 5. The minimum absolute atomic E-state index is 0.00566. The molecule has 1 fully saturated rings. The summed E-state index contributed by atoms with van der Waals surface area (Å²) >= 11 is 5.64. The zero-order valence-electron chi connectivity index (χ0n) is 15.7. The lowest BCUT2D eigenvalue weighted by molar-refractivity contribution is -0.384. The molecule has 30 heavy (non-hydrogen) atoms. The lowest BCUT2D eigenvalue weighted by Gasteiger charge is -2.35. The highest BCUT2D eigenvalue weighted by Gasteiger charge is 2.34. The van der Waals surface area contributed by atoms with Gasteiger partial charge in [-0.3, -0.25) is 19.8 Å². The van der Waals surface area contributed by atoms with Crippen LogP contribution in [0.1, 0.15) is 5.56 Å². The van der Waals surface area contributed by atoms with Gasteiger partial charge in [-0.15, -0.1) is 0 Å². The number of nitrogens with one attached hydrogen (secondary N) is 1. The summed E-state index contributed by atoms with van der Waals surface area (Å²) in [5.41, 5.74) is -0.853. The number of rotatable bonds is 5. The number of alkyl halides is 3. The van der Waals surface area contributed by atoms with Gasteiger partial charge in [0.1, 0.15) is 5.69 Å². The quantitative estimate of drug-likeness (QED) is 0.558. The summed E-state index contributed by atoms with van der Waals surface area (Å²) in [5, 5.41) is 13.4. The van der Waals surface area contributed by atoms with Crippen molar-refractivity contribution in [1.82, 2.24) is 4.90 Å². The number of carbonyl (C=O) groups is 1. The first-order chi connectivity index (χ1) is 14.1. The first-order valence-corrected chi connectivity index (χ1v) is 9.40. The predicted molar refractivity (Wildman–Crippen MR) is 107 cm³/mol. The molecule has 0 bridgehead atoms. The number of anilines is 2. The van der Waals surface area contributed by atoms with Gasteiger partial charge in [-0.25, -0.2) is 0 Å². The van der Waals surface area contributed by atoms with Crippen LogP contribution in [0.5, 0.6) is 0 Å². The fraction of sp³-hybridized carbons (Fsp3) is 0.316. The number of piperazine rings is 1. The standard InChI is InChI=1S/C19H18ClF3N4O3/c20-13-5-6-15(14(11-13)19(21,22)23)24-18(28)12-25-7-9-26(10-8-25)16-3-1-2-4-17(16)27(29)30/h1-6,11H,7-10,12H2,(H,24,28). The number of nitro groups is 1. The Kier molecular flexibility index (Phi) is 6.47. The van der Waals surface area contributed by atoms with Crippen molar-refractivity contribution < 1.29 is 22.9 Å². The Morgan fingerprint density at radius 3 is 2.43 bits per heavy atom.